The molecule has 0 saturated carbocycles. The number of hydrogen-bond donors (Lipinski definition) is 1. The summed E-state index contributed by atoms with van der Waals surface area (Å²) < 4.78 is 32.6. The predicted octanol–water partition coefficient (Wildman–Crippen LogP) is 3.70. The summed E-state index contributed by atoms with van der Waals surface area (Å²) in [5, 5.41) is 6.89. The lowest BCUT2D eigenvalue weighted by Gasteiger charge is -2.30. The fourth-order valence-electron chi connectivity index (χ4n) is 3.81. The van der Waals surface area contributed by atoms with E-state index in [1.54, 1.807) is 25.1 Å². The Morgan fingerprint density at radius 3 is 2.44 bits per heavy atom. The van der Waals surface area contributed by atoms with Gasteiger partial charge in [-0.15, -0.1) is 0 Å². The monoisotopic (exact) mass is 454 g/mol. The van der Waals surface area contributed by atoms with Crippen LogP contribution in [0.3, 0.4) is 0 Å². The number of nitrogens with zero attached hydrogens (tertiary/aromatic N) is 3. The maximum Gasteiger partial charge on any atom is 0.243 e. The van der Waals surface area contributed by atoms with E-state index >= 15 is 0 Å². The molecule has 4 rings (SSSR count). The Morgan fingerprint density at radius 2 is 1.78 bits per heavy atom. The van der Waals surface area contributed by atoms with Crippen LogP contribution in [-0.2, 0) is 14.8 Å². The molecular formula is C23H26N4O4S. The van der Waals surface area contributed by atoms with Crippen molar-refractivity contribution in [2.45, 2.75) is 38.5 Å². The molecule has 0 unspecified atom stereocenters. The molecule has 1 amide bonds. The number of para-hydroxylation sites is 1. The fourth-order valence-corrected chi connectivity index (χ4v) is 5.37. The summed E-state index contributed by atoms with van der Waals surface area (Å²) in [6.07, 6.45) is 0.915. The van der Waals surface area contributed by atoms with Gasteiger partial charge in [0, 0.05) is 31.5 Å². The van der Waals surface area contributed by atoms with Crippen molar-refractivity contribution in [3.8, 4) is 11.4 Å². The van der Waals surface area contributed by atoms with Gasteiger partial charge in [0.25, 0.3) is 0 Å². The number of hydrogen-bond acceptors (Lipinski definition) is 6. The molecule has 0 radical (unpaired) electrons. The number of anilines is 1. The van der Waals surface area contributed by atoms with Crippen LogP contribution in [0.4, 0.5) is 5.69 Å². The van der Waals surface area contributed by atoms with Crippen LogP contribution < -0.4 is 5.32 Å². The summed E-state index contributed by atoms with van der Waals surface area (Å²) in [7, 11) is -3.58. The lowest BCUT2D eigenvalue weighted by molar-refractivity contribution is -0.120. The van der Waals surface area contributed by atoms with Gasteiger partial charge in [-0.05, 0) is 62.1 Å². The largest absolute Gasteiger partial charge is 0.339 e. The highest BCUT2D eigenvalue weighted by Gasteiger charge is 2.32. The third-order valence-electron chi connectivity index (χ3n) is 5.89. The van der Waals surface area contributed by atoms with Gasteiger partial charge in [-0.3, -0.25) is 4.79 Å². The molecule has 0 spiro atoms. The smallest absolute Gasteiger partial charge is 0.243 e. The number of benzene rings is 2. The number of rotatable bonds is 5. The second-order valence-corrected chi connectivity index (χ2v) is 10.0. The first-order chi connectivity index (χ1) is 15.3. The molecule has 168 valence electrons. The number of aromatic nitrogens is 2. The number of sulfonamides is 1. The molecule has 0 aliphatic carbocycles. The van der Waals surface area contributed by atoms with Gasteiger partial charge in [0.15, 0.2) is 0 Å². The van der Waals surface area contributed by atoms with Crippen LogP contribution in [0.15, 0.2) is 51.9 Å². The van der Waals surface area contributed by atoms with Crippen molar-refractivity contribution in [2.24, 2.45) is 5.92 Å². The van der Waals surface area contributed by atoms with Crippen molar-refractivity contribution in [2.75, 3.05) is 18.4 Å². The molecule has 1 aliphatic rings. The van der Waals surface area contributed by atoms with Crippen molar-refractivity contribution in [1.29, 1.82) is 0 Å². The zero-order valence-electron chi connectivity index (χ0n) is 18.3. The van der Waals surface area contributed by atoms with E-state index < -0.39 is 10.0 Å². The van der Waals surface area contributed by atoms with E-state index in [1.165, 1.54) is 4.31 Å². The van der Waals surface area contributed by atoms with Gasteiger partial charge in [0.1, 0.15) is 0 Å². The number of carbonyl (C=O) groups is 1. The first-order valence-electron chi connectivity index (χ1n) is 10.5. The molecule has 1 fully saturated rings. The SMILES string of the molecule is Cc1nc(-c2ccccc2NC(=O)C2CCN(S(=O)(=O)c3ccc(C)c(C)c3)CC2)no1. The fraction of sp³-hybridized carbons (Fsp3) is 0.348. The van der Waals surface area contributed by atoms with Gasteiger partial charge in [0.05, 0.1) is 10.6 Å². The molecular weight excluding hydrogens is 428 g/mol. The van der Waals surface area contributed by atoms with E-state index in [1.807, 2.05) is 38.1 Å². The van der Waals surface area contributed by atoms with Gasteiger partial charge < -0.3 is 9.84 Å². The van der Waals surface area contributed by atoms with Crippen LogP contribution in [0.1, 0.15) is 29.9 Å². The number of aryl methyl sites for hydroxylation is 3. The summed E-state index contributed by atoms with van der Waals surface area (Å²) in [5.41, 5.74) is 3.27. The van der Waals surface area contributed by atoms with Gasteiger partial charge in [0.2, 0.25) is 27.6 Å². The zero-order chi connectivity index (χ0) is 22.9. The summed E-state index contributed by atoms with van der Waals surface area (Å²) >= 11 is 0. The summed E-state index contributed by atoms with van der Waals surface area (Å²) in [6, 6.07) is 12.5. The summed E-state index contributed by atoms with van der Waals surface area (Å²) in [4.78, 5) is 17.5. The average molecular weight is 455 g/mol. The van der Waals surface area contributed by atoms with E-state index in [9.17, 15) is 13.2 Å². The minimum atomic E-state index is -3.58. The second kappa shape index (κ2) is 8.84. The van der Waals surface area contributed by atoms with Gasteiger partial charge in [-0.25, -0.2) is 8.42 Å². The highest BCUT2D eigenvalue weighted by Crippen LogP contribution is 2.29. The van der Waals surface area contributed by atoms with E-state index in [-0.39, 0.29) is 11.8 Å². The van der Waals surface area contributed by atoms with Gasteiger partial charge in [-0.2, -0.15) is 9.29 Å². The van der Waals surface area contributed by atoms with Crippen LogP contribution in [0.5, 0.6) is 0 Å². The number of piperidine rings is 1. The second-order valence-electron chi connectivity index (χ2n) is 8.10. The number of nitrogens with one attached hydrogen (secondary N) is 1. The van der Waals surface area contributed by atoms with Crippen molar-refractivity contribution in [1.82, 2.24) is 14.4 Å². The van der Waals surface area contributed by atoms with Crippen molar-refractivity contribution < 1.29 is 17.7 Å². The van der Waals surface area contributed by atoms with E-state index in [4.69, 9.17) is 4.52 Å². The van der Waals surface area contributed by atoms with Crippen molar-refractivity contribution >= 4 is 21.6 Å². The molecule has 0 atom stereocenters. The summed E-state index contributed by atoms with van der Waals surface area (Å²) in [5.74, 6) is 0.438. The normalized spacial score (nSPS) is 15.6. The minimum Gasteiger partial charge on any atom is -0.339 e. The Kier molecular flexibility index (Phi) is 6.12. The van der Waals surface area contributed by atoms with Gasteiger partial charge in [-0.1, -0.05) is 23.4 Å². The topological polar surface area (TPSA) is 105 Å². The number of amides is 1. The molecule has 9 heteroatoms. The minimum absolute atomic E-state index is 0.138. The molecule has 1 saturated heterocycles. The van der Waals surface area contributed by atoms with Crippen LogP contribution in [0.2, 0.25) is 0 Å². The molecule has 3 aromatic rings. The maximum absolute atomic E-state index is 13.0. The maximum atomic E-state index is 13.0. The average Bonchev–Trinajstić information content (AvgIpc) is 3.22. The third kappa shape index (κ3) is 4.44. The zero-order valence-corrected chi connectivity index (χ0v) is 19.1. The lowest BCUT2D eigenvalue weighted by Crippen LogP contribution is -2.41. The molecule has 2 aromatic carbocycles. The van der Waals surface area contributed by atoms with Crippen LogP contribution in [0, 0.1) is 26.7 Å². The molecule has 1 N–H and O–H groups in total. The molecule has 1 aliphatic heterocycles. The van der Waals surface area contributed by atoms with Crippen molar-refractivity contribution in [3.05, 3.63) is 59.5 Å². The number of carbonyl (C=O) groups excluding carboxylic acids is 1. The van der Waals surface area contributed by atoms with Crippen LogP contribution >= 0.6 is 0 Å². The van der Waals surface area contributed by atoms with Gasteiger partial charge >= 0.3 is 0 Å². The van der Waals surface area contributed by atoms with E-state index in [2.05, 4.69) is 15.5 Å². The first-order valence-corrected chi connectivity index (χ1v) is 12.0. The quantitative estimate of drug-likeness (QED) is 0.630. The molecule has 8 nitrogen and oxygen atoms in total. The van der Waals surface area contributed by atoms with E-state index in [0.717, 1.165) is 11.1 Å². The first kappa shape index (κ1) is 22.2. The molecule has 2 heterocycles. The molecule has 32 heavy (non-hydrogen) atoms. The third-order valence-corrected chi connectivity index (χ3v) is 7.79. The Balaban J connectivity index is 1.43. The van der Waals surface area contributed by atoms with Crippen molar-refractivity contribution in [3.63, 3.8) is 0 Å². The Bertz CT molecular complexity index is 1240. The Hall–Kier alpha value is -3.04. The lowest BCUT2D eigenvalue weighted by atomic mass is 9.97. The summed E-state index contributed by atoms with van der Waals surface area (Å²) in [6.45, 7) is 6.17. The predicted molar refractivity (Wildman–Crippen MR) is 120 cm³/mol. The highest BCUT2D eigenvalue weighted by atomic mass is 32.2. The standard InChI is InChI=1S/C23H26N4O4S/c1-15-8-9-19(14-16(15)2)32(29,30)27-12-10-18(11-13-27)23(28)25-21-7-5-4-6-20(21)22-24-17(3)31-26-22/h4-9,14,18H,10-13H2,1-3H3,(H,25,28). The molecule has 0 bridgehead atoms. The van der Waals surface area contributed by atoms with E-state index in [0.29, 0.717) is 53.8 Å². The Morgan fingerprint density at radius 1 is 1.06 bits per heavy atom. The van der Waals surface area contributed by atoms with Crippen LogP contribution in [-0.4, -0.2) is 41.9 Å². The highest BCUT2D eigenvalue weighted by molar-refractivity contribution is 7.89. The Labute approximate surface area is 187 Å². The van der Waals surface area contributed by atoms with Crippen LogP contribution in [0.25, 0.3) is 11.4 Å². The molecule has 1 aromatic heterocycles.